The molecule has 118 valence electrons. The fraction of sp³-hybridized carbons (Fsp3) is 0.211. The van der Waals surface area contributed by atoms with Gasteiger partial charge in [0.05, 0.1) is 5.69 Å². The largest absolute Gasteiger partial charge is 0.444 e. The second-order valence-corrected chi connectivity index (χ2v) is 6.41. The summed E-state index contributed by atoms with van der Waals surface area (Å²) in [5, 5.41) is 0. The first kappa shape index (κ1) is 15.8. The maximum Gasteiger partial charge on any atom is 0.226 e. The molecule has 4 heteroatoms. The zero-order valence-electron chi connectivity index (χ0n) is 13.4. The first-order valence-corrected chi connectivity index (χ1v) is 8.78. The van der Waals surface area contributed by atoms with Crippen molar-refractivity contribution >= 4 is 11.8 Å². The molecule has 1 heterocycles. The number of nitrogens with zero attached hydrogens (tertiary/aromatic N) is 2. The number of hydrogen-bond donors (Lipinski definition) is 0. The molecule has 23 heavy (non-hydrogen) atoms. The Morgan fingerprint density at radius 3 is 2.43 bits per heavy atom. The van der Waals surface area contributed by atoms with Crippen molar-refractivity contribution in [3.8, 4) is 11.5 Å². The number of thioether (sulfide) groups is 1. The molecule has 1 aromatic heterocycles. The van der Waals surface area contributed by atoms with Crippen LogP contribution < -0.4 is 0 Å². The van der Waals surface area contributed by atoms with Gasteiger partial charge in [0.1, 0.15) is 6.26 Å². The van der Waals surface area contributed by atoms with Crippen molar-refractivity contribution in [2.75, 3.05) is 13.3 Å². The van der Waals surface area contributed by atoms with Gasteiger partial charge in [-0.2, -0.15) is 0 Å². The summed E-state index contributed by atoms with van der Waals surface area (Å²) in [4.78, 5) is 8.11. The lowest BCUT2D eigenvalue weighted by Gasteiger charge is -2.15. The van der Waals surface area contributed by atoms with Gasteiger partial charge in [0.25, 0.3) is 0 Å². The molecule has 2 aromatic carbocycles. The van der Waals surface area contributed by atoms with Gasteiger partial charge in [-0.1, -0.05) is 30.3 Å². The lowest BCUT2D eigenvalue weighted by Crippen LogP contribution is -2.17. The van der Waals surface area contributed by atoms with E-state index in [1.54, 1.807) is 18.0 Å². The Kier molecular flexibility index (Phi) is 5.16. The highest BCUT2D eigenvalue weighted by atomic mass is 32.2. The van der Waals surface area contributed by atoms with Crippen molar-refractivity contribution in [2.45, 2.75) is 18.0 Å². The highest BCUT2D eigenvalue weighted by Gasteiger charge is 2.09. The van der Waals surface area contributed by atoms with Crippen LogP contribution in [0.25, 0.3) is 11.5 Å². The Morgan fingerprint density at radius 1 is 1.00 bits per heavy atom. The third kappa shape index (κ3) is 4.24. The van der Waals surface area contributed by atoms with Gasteiger partial charge in [0.2, 0.25) is 5.89 Å². The van der Waals surface area contributed by atoms with Gasteiger partial charge in [-0.25, -0.2) is 4.98 Å². The molecule has 0 saturated heterocycles. The highest BCUT2D eigenvalue weighted by Crippen LogP contribution is 2.19. The number of benzene rings is 2. The summed E-state index contributed by atoms with van der Waals surface area (Å²) in [7, 11) is 2.10. The maximum absolute atomic E-state index is 5.59. The van der Waals surface area contributed by atoms with Gasteiger partial charge in [-0.3, -0.25) is 4.90 Å². The topological polar surface area (TPSA) is 29.3 Å². The van der Waals surface area contributed by atoms with Crippen molar-refractivity contribution in [1.29, 1.82) is 0 Å². The fourth-order valence-corrected chi connectivity index (χ4v) is 2.88. The summed E-state index contributed by atoms with van der Waals surface area (Å²) in [6.45, 7) is 1.66. The molecular weight excluding hydrogens is 304 g/mol. The molecule has 0 aliphatic heterocycles. The third-order valence-electron chi connectivity index (χ3n) is 3.62. The Bertz CT molecular complexity index is 738. The minimum atomic E-state index is 0.679. The van der Waals surface area contributed by atoms with Gasteiger partial charge in [-0.05, 0) is 43.1 Å². The minimum absolute atomic E-state index is 0.679. The highest BCUT2D eigenvalue weighted by molar-refractivity contribution is 7.98. The molecular formula is C19H20N2OS. The summed E-state index contributed by atoms with van der Waals surface area (Å²) in [6.07, 6.45) is 3.84. The molecule has 0 bridgehead atoms. The smallest absolute Gasteiger partial charge is 0.226 e. The minimum Gasteiger partial charge on any atom is -0.444 e. The predicted octanol–water partition coefficient (Wildman–Crippen LogP) is 4.70. The molecule has 0 aliphatic rings. The number of oxazole rings is 1. The zero-order valence-corrected chi connectivity index (χ0v) is 14.2. The Hall–Kier alpha value is -2.04. The van der Waals surface area contributed by atoms with Crippen molar-refractivity contribution in [2.24, 2.45) is 0 Å². The number of aromatic nitrogens is 1. The molecule has 0 unspecified atom stereocenters. The quantitative estimate of drug-likeness (QED) is 0.615. The molecule has 0 atom stereocenters. The van der Waals surface area contributed by atoms with Crippen molar-refractivity contribution in [1.82, 2.24) is 9.88 Å². The summed E-state index contributed by atoms with van der Waals surface area (Å²) < 4.78 is 5.59. The van der Waals surface area contributed by atoms with Gasteiger partial charge in [0, 0.05) is 23.5 Å². The molecule has 0 amide bonds. The summed E-state index contributed by atoms with van der Waals surface area (Å²) >= 11 is 1.76. The van der Waals surface area contributed by atoms with Crippen molar-refractivity contribution < 1.29 is 4.42 Å². The molecule has 0 N–H and O–H groups in total. The third-order valence-corrected chi connectivity index (χ3v) is 4.36. The van der Waals surface area contributed by atoms with Crippen LogP contribution in [0.3, 0.4) is 0 Å². The van der Waals surface area contributed by atoms with Crippen molar-refractivity contribution in [3.63, 3.8) is 0 Å². The number of rotatable bonds is 6. The SMILES string of the molecule is CSc1ccc(CN(C)Cc2coc(-c3ccccc3)n2)cc1. The van der Waals surface area contributed by atoms with Crippen LogP contribution >= 0.6 is 11.8 Å². The van der Waals surface area contributed by atoms with Gasteiger partial charge in [0.15, 0.2) is 0 Å². The Balaban J connectivity index is 1.61. The van der Waals surface area contributed by atoms with E-state index in [9.17, 15) is 0 Å². The van der Waals surface area contributed by atoms with E-state index < -0.39 is 0 Å². The van der Waals surface area contributed by atoms with E-state index in [2.05, 4.69) is 47.5 Å². The second-order valence-electron chi connectivity index (χ2n) is 5.53. The van der Waals surface area contributed by atoms with Crippen LogP contribution in [0.1, 0.15) is 11.3 Å². The molecule has 3 nitrogen and oxygen atoms in total. The maximum atomic E-state index is 5.59. The van der Waals surface area contributed by atoms with E-state index >= 15 is 0 Å². The second kappa shape index (κ2) is 7.49. The first-order valence-electron chi connectivity index (χ1n) is 7.56. The lowest BCUT2D eigenvalue weighted by molar-refractivity contribution is 0.314. The molecule has 3 aromatic rings. The van der Waals surface area contributed by atoms with E-state index in [-0.39, 0.29) is 0 Å². The van der Waals surface area contributed by atoms with Gasteiger partial charge < -0.3 is 4.42 Å². The first-order chi connectivity index (χ1) is 11.2. The molecule has 3 rings (SSSR count). The Morgan fingerprint density at radius 2 is 1.74 bits per heavy atom. The van der Waals surface area contributed by atoms with E-state index in [1.165, 1.54) is 10.5 Å². The van der Waals surface area contributed by atoms with Crippen LogP contribution in [0.2, 0.25) is 0 Å². The van der Waals surface area contributed by atoms with Gasteiger partial charge in [-0.15, -0.1) is 11.8 Å². The zero-order chi connectivity index (χ0) is 16.1. The summed E-state index contributed by atoms with van der Waals surface area (Å²) in [5.74, 6) is 0.679. The molecule has 0 saturated carbocycles. The molecule has 0 radical (unpaired) electrons. The van der Waals surface area contributed by atoms with Crippen LogP contribution in [0, 0.1) is 0 Å². The van der Waals surface area contributed by atoms with E-state index in [1.807, 2.05) is 30.3 Å². The molecule has 0 fully saturated rings. The van der Waals surface area contributed by atoms with Crippen LogP contribution in [-0.4, -0.2) is 23.2 Å². The van der Waals surface area contributed by atoms with E-state index in [0.717, 1.165) is 24.3 Å². The summed E-state index contributed by atoms with van der Waals surface area (Å²) in [6, 6.07) is 18.7. The average molecular weight is 324 g/mol. The summed E-state index contributed by atoms with van der Waals surface area (Å²) in [5.41, 5.74) is 3.26. The molecule has 0 aliphatic carbocycles. The van der Waals surface area contributed by atoms with Crippen LogP contribution in [-0.2, 0) is 13.1 Å². The lowest BCUT2D eigenvalue weighted by atomic mass is 10.2. The van der Waals surface area contributed by atoms with E-state index in [4.69, 9.17) is 4.42 Å². The fourth-order valence-electron chi connectivity index (χ4n) is 2.47. The van der Waals surface area contributed by atoms with Crippen LogP contribution in [0.15, 0.2) is 70.2 Å². The van der Waals surface area contributed by atoms with E-state index in [0.29, 0.717) is 5.89 Å². The predicted molar refractivity (Wildman–Crippen MR) is 95.3 cm³/mol. The number of hydrogen-bond acceptors (Lipinski definition) is 4. The van der Waals surface area contributed by atoms with Crippen LogP contribution in [0.4, 0.5) is 0 Å². The van der Waals surface area contributed by atoms with Crippen molar-refractivity contribution in [3.05, 3.63) is 72.1 Å². The standard InChI is InChI=1S/C19H20N2OS/c1-21(12-15-8-10-18(23-2)11-9-15)13-17-14-22-19(20-17)16-6-4-3-5-7-16/h3-11,14H,12-13H2,1-2H3. The molecule has 0 spiro atoms. The van der Waals surface area contributed by atoms with Gasteiger partial charge >= 0.3 is 0 Å². The van der Waals surface area contributed by atoms with Crippen LogP contribution in [0.5, 0.6) is 0 Å². The average Bonchev–Trinajstić information content (AvgIpc) is 3.04. The Labute approximate surface area is 141 Å². The monoisotopic (exact) mass is 324 g/mol. The normalized spacial score (nSPS) is 11.1.